The molecule has 2 aliphatic rings. The monoisotopic (exact) mass is 185 g/mol. The van der Waals surface area contributed by atoms with E-state index >= 15 is 0 Å². The number of aliphatic imine (C=N–C) groups is 1. The fourth-order valence-electron chi connectivity index (χ4n) is 1.54. The Morgan fingerprint density at radius 2 is 2.42 bits per heavy atom. The third-order valence-electron chi connectivity index (χ3n) is 2.37. The van der Waals surface area contributed by atoms with Crippen LogP contribution in [-0.2, 0) is 0 Å². The Balaban J connectivity index is 2.10. The smallest absolute Gasteiger partial charge is 0.152 e. The van der Waals surface area contributed by atoms with Gasteiger partial charge in [0.1, 0.15) is 0 Å². The Labute approximate surface area is 75.8 Å². The number of rotatable bonds is 1. The second-order valence-corrected chi connectivity index (χ2v) is 5.18. The third-order valence-corrected chi connectivity index (χ3v) is 3.91. The second kappa shape index (κ2) is 3.18. The molecule has 2 heterocycles. The minimum atomic E-state index is -0.284. The maximum Gasteiger partial charge on any atom is 0.152 e. The predicted octanol–water partition coefficient (Wildman–Crippen LogP) is 1.11. The van der Waals surface area contributed by atoms with Gasteiger partial charge in [-0.25, -0.2) is 9.39 Å². The van der Waals surface area contributed by atoms with Gasteiger partial charge in [0.2, 0.25) is 0 Å². The van der Waals surface area contributed by atoms with Crippen LogP contribution in [0.4, 0.5) is 0 Å². The van der Waals surface area contributed by atoms with Crippen molar-refractivity contribution >= 4 is 22.0 Å². The van der Waals surface area contributed by atoms with Crippen LogP contribution in [-0.4, -0.2) is 29.7 Å². The van der Waals surface area contributed by atoms with Crippen LogP contribution in [0.15, 0.2) is 9.39 Å². The van der Waals surface area contributed by atoms with Crippen LogP contribution in [0.25, 0.3) is 0 Å². The van der Waals surface area contributed by atoms with Crippen molar-refractivity contribution in [3.8, 4) is 0 Å². The number of hydrogen-bond acceptors (Lipinski definition) is 3. The minimum Gasteiger partial charge on any atom is -0.307 e. The lowest BCUT2D eigenvalue weighted by atomic mass is 10.2. The zero-order valence-corrected chi connectivity index (χ0v) is 8.43. The van der Waals surface area contributed by atoms with Crippen LogP contribution in [0.1, 0.15) is 19.8 Å². The van der Waals surface area contributed by atoms with Crippen molar-refractivity contribution in [2.24, 2.45) is 9.39 Å². The SMILES string of the molecule is CC1=NC([C@@H]2CCCN2)=N[SH]1C. The molecule has 2 aliphatic heterocycles. The highest BCUT2D eigenvalue weighted by Crippen LogP contribution is 2.31. The minimum absolute atomic E-state index is 0.284. The molecule has 0 aliphatic carbocycles. The van der Waals surface area contributed by atoms with Crippen molar-refractivity contribution in [2.75, 3.05) is 12.8 Å². The quantitative estimate of drug-likeness (QED) is 0.590. The lowest BCUT2D eigenvalue weighted by Gasteiger charge is -2.05. The first-order chi connectivity index (χ1) is 5.77. The summed E-state index contributed by atoms with van der Waals surface area (Å²) < 4.78 is 4.57. The Hall–Kier alpha value is -0.350. The van der Waals surface area contributed by atoms with Crippen LogP contribution in [0.2, 0.25) is 0 Å². The number of nitrogens with one attached hydrogen (secondary N) is 1. The Morgan fingerprint density at radius 1 is 1.58 bits per heavy atom. The number of hydrogen-bond donors (Lipinski definition) is 2. The van der Waals surface area contributed by atoms with E-state index in [1.54, 1.807) is 0 Å². The van der Waals surface area contributed by atoms with Gasteiger partial charge in [0, 0.05) is 0 Å². The normalized spacial score (nSPS) is 38.2. The van der Waals surface area contributed by atoms with Gasteiger partial charge in [-0.15, -0.1) is 11.1 Å². The molecular formula is C8H15N3S. The van der Waals surface area contributed by atoms with Crippen molar-refractivity contribution < 1.29 is 0 Å². The lowest BCUT2D eigenvalue weighted by Crippen LogP contribution is -2.28. The molecule has 0 aromatic rings. The van der Waals surface area contributed by atoms with Gasteiger partial charge in [-0.2, -0.15) is 0 Å². The van der Waals surface area contributed by atoms with Crippen LogP contribution in [0.5, 0.6) is 0 Å². The molecule has 0 radical (unpaired) electrons. The summed E-state index contributed by atoms with van der Waals surface area (Å²) in [5.41, 5.74) is 0. The summed E-state index contributed by atoms with van der Waals surface area (Å²) in [5.74, 6) is 1.05. The molecule has 1 unspecified atom stereocenters. The molecule has 3 nitrogen and oxygen atoms in total. The first kappa shape index (κ1) is 8.26. The fourth-order valence-corrected chi connectivity index (χ4v) is 2.42. The van der Waals surface area contributed by atoms with Crippen molar-refractivity contribution in [3.63, 3.8) is 0 Å². The van der Waals surface area contributed by atoms with Crippen LogP contribution in [0.3, 0.4) is 0 Å². The third kappa shape index (κ3) is 1.41. The van der Waals surface area contributed by atoms with Gasteiger partial charge in [0.25, 0.3) is 0 Å². The standard InChI is InChI=1S/C8H15N3S/c1-6-10-8(11-12(6)2)7-4-3-5-9-7/h7,9,12H,3-5H2,1-2H3/t7-/m0/s1. The van der Waals surface area contributed by atoms with E-state index in [0.717, 1.165) is 12.4 Å². The molecule has 0 saturated carbocycles. The van der Waals surface area contributed by atoms with Gasteiger partial charge in [0.05, 0.1) is 11.1 Å². The van der Waals surface area contributed by atoms with Gasteiger partial charge in [-0.3, -0.25) is 0 Å². The predicted molar refractivity (Wildman–Crippen MR) is 56.5 cm³/mol. The average Bonchev–Trinajstić information content (AvgIpc) is 2.61. The number of nitrogens with zero attached hydrogens (tertiary/aromatic N) is 2. The highest BCUT2D eigenvalue weighted by atomic mass is 32.2. The van der Waals surface area contributed by atoms with Crippen LogP contribution < -0.4 is 5.32 Å². The number of thiol groups is 1. The summed E-state index contributed by atoms with van der Waals surface area (Å²) in [7, 11) is 0. The summed E-state index contributed by atoms with van der Waals surface area (Å²) in [4.78, 5) is 4.48. The molecule has 0 amide bonds. The first-order valence-electron chi connectivity index (χ1n) is 4.38. The van der Waals surface area contributed by atoms with E-state index in [1.165, 1.54) is 17.9 Å². The Bertz CT molecular complexity index is 241. The van der Waals surface area contributed by atoms with E-state index < -0.39 is 0 Å². The summed E-state index contributed by atoms with van der Waals surface area (Å²) in [6.45, 7) is 3.21. The van der Waals surface area contributed by atoms with E-state index in [-0.39, 0.29) is 11.1 Å². The van der Waals surface area contributed by atoms with Gasteiger partial charge < -0.3 is 5.32 Å². The second-order valence-electron chi connectivity index (χ2n) is 3.29. The lowest BCUT2D eigenvalue weighted by molar-refractivity contribution is 0.759. The van der Waals surface area contributed by atoms with E-state index in [0.29, 0.717) is 6.04 Å². The van der Waals surface area contributed by atoms with Gasteiger partial charge in [-0.05, 0) is 32.6 Å². The molecule has 0 bridgehead atoms. The maximum atomic E-state index is 4.57. The van der Waals surface area contributed by atoms with Crippen molar-refractivity contribution in [1.29, 1.82) is 0 Å². The highest BCUT2D eigenvalue weighted by molar-refractivity contribution is 8.28. The van der Waals surface area contributed by atoms with Crippen LogP contribution >= 0.6 is 11.1 Å². The molecule has 68 valence electrons. The molecule has 2 rings (SSSR count). The molecule has 2 atom stereocenters. The fraction of sp³-hybridized carbons (Fsp3) is 0.750. The van der Waals surface area contributed by atoms with E-state index in [4.69, 9.17) is 0 Å². The Kier molecular flexibility index (Phi) is 2.19. The van der Waals surface area contributed by atoms with Gasteiger partial charge in [-0.1, -0.05) is 0 Å². The molecule has 1 N–H and O–H groups in total. The zero-order valence-electron chi connectivity index (χ0n) is 7.54. The Morgan fingerprint density at radius 3 is 2.92 bits per heavy atom. The van der Waals surface area contributed by atoms with Gasteiger partial charge >= 0.3 is 0 Å². The number of amidine groups is 1. The van der Waals surface area contributed by atoms with Crippen molar-refractivity contribution in [2.45, 2.75) is 25.8 Å². The summed E-state index contributed by atoms with van der Waals surface area (Å²) in [6.07, 6.45) is 4.63. The first-order valence-corrected chi connectivity index (χ1v) is 6.12. The van der Waals surface area contributed by atoms with E-state index in [2.05, 4.69) is 27.9 Å². The molecule has 1 fully saturated rings. The molecule has 4 heteroatoms. The highest BCUT2D eigenvalue weighted by Gasteiger charge is 2.23. The molecule has 0 aromatic carbocycles. The van der Waals surface area contributed by atoms with Crippen molar-refractivity contribution in [3.05, 3.63) is 0 Å². The molecular weight excluding hydrogens is 170 g/mol. The summed E-state index contributed by atoms with van der Waals surface area (Å²) >= 11 is -0.284. The summed E-state index contributed by atoms with van der Waals surface area (Å²) in [6, 6.07) is 0.451. The van der Waals surface area contributed by atoms with Gasteiger partial charge in [0.15, 0.2) is 5.84 Å². The summed E-state index contributed by atoms with van der Waals surface area (Å²) in [5, 5.41) is 4.63. The topological polar surface area (TPSA) is 36.8 Å². The average molecular weight is 185 g/mol. The van der Waals surface area contributed by atoms with E-state index in [9.17, 15) is 0 Å². The van der Waals surface area contributed by atoms with Crippen molar-refractivity contribution in [1.82, 2.24) is 5.32 Å². The van der Waals surface area contributed by atoms with E-state index in [1.807, 2.05) is 0 Å². The molecule has 1 saturated heterocycles. The van der Waals surface area contributed by atoms with Crippen LogP contribution in [0, 0.1) is 0 Å². The molecule has 0 spiro atoms. The molecule has 12 heavy (non-hydrogen) atoms. The largest absolute Gasteiger partial charge is 0.307 e. The molecule has 0 aromatic heterocycles. The maximum absolute atomic E-state index is 4.57. The zero-order chi connectivity index (χ0) is 8.55.